The maximum Gasteiger partial charge on any atom is 0.573 e. The zero-order valence-corrected chi connectivity index (χ0v) is 19.1. The van der Waals surface area contributed by atoms with E-state index in [1.165, 1.54) is 23.3 Å². The molecule has 0 spiro atoms. The molecule has 0 bridgehead atoms. The molecule has 180 valence electrons. The van der Waals surface area contributed by atoms with E-state index in [1.807, 2.05) is 24.3 Å². The number of fused-ring (bicyclic) bond motifs is 1. The summed E-state index contributed by atoms with van der Waals surface area (Å²) in [6, 6.07) is 21.9. The average molecular weight is 479 g/mol. The van der Waals surface area contributed by atoms with Crippen LogP contribution in [0.4, 0.5) is 13.2 Å². The molecule has 0 amide bonds. The number of hydrogen-bond acceptors (Lipinski definition) is 4. The monoisotopic (exact) mass is 479 g/mol. The lowest BCUT2D eigenvalue weighted by Gasteiger charge is -2.26. The van der Waals surface area contributed by atoms with Crippen LogP contribution in [0.5, 0.6) is 11.5 Å². The predicted molar refractivity (Wildman–Crippen MR) is 129 cm³/mol. The van der Waals surface area contributed by atoms with Gasteiger partial charge in [-0.05, 0) is 59.5 Å². The van der Waals surface area contributed by atoms with Crippen LogP contribution >= 0.6 is 0 Å². The highest BCUT2D eigenvalue weighted by Crippen LogP contribution is 2.37. The summed E-state index contributed by atoms with van der Waals surface area (Å²) in [6.07, 6.45) is -1.47. The van der Waals surface area contributed by atoms with Gasteiger partial charge >= 0.3 is 6.36 Å². The Morgan fingerprint density at radius 3 is 2.37 bits per heavy atom. The van der Waals surface area contributed by atoms with Gasteiger partial charge in [-0.3, -0.25) is 4.90 Å². The van der Waals surface area contributed by atoms with E-state index in [0.29, 0.717) is 22.7 Å². The summed E-state index contributed by atoms with van der Waals surface area (Å²) in [5.41, 5.74) is 5.00. The van der Waals surface area contributed by atoms with Crippen LogP contribution in [-0.2, 0) is 6.54 Å². The van der Waals surface area contributed by atoms with Crippen molar-refractivity contribution in [1.82, 2.24) is 4.90 Å². The molecule has 1 aliphatic heterocycles. The number of nitrogens with zero attached hydrogens (tertiary/aromatic N) is 1. The van der Waals surface area contributed by atoms with E-state index in [1.54, 1.807) is 19.2 Å². The largest absolute Gasteiger partial charge is 0.573 e. The van der Waals surface area contributed by atoms with Gasteiger partial charge in [0.15, 0.2) is 11.3 Å². The van der Waals surface area contributed by atoms with E-state index in [2.05, 4.69) is 40.0 Å². The molecule has 3 aromatic carbocycles. The van der Waals surface area contributed by atoms with Crippen LogP contribution in [0.25, 0.3) is 27.9 Å². The molecule has 5 rings (SSSR count). The van der Waals surface area contributed by atoms with Crippen molar-refractivity contribution in [1.29, 1.82) is 0 Å². The van der Waals surface area contributed by atoms with Crippen molar-refractivity contribution in [3.8, 4) is 22.8 Å². The molecule has 0 radical (unpaired) electrons. The third kappa shape index (κ3) is 5.20. The molecule has 4 aromatic rings. The second-order valence-electron chi connectivity index (χ2n) is 8.43. The molecule has 4 nitrogen and oxygen atoms in total. The van der Waals surface area contributed by atoms with Crippen LogP contribution < -0.4 is 9.47 Å². The maximum absolute atomic E-state index is 12.5. The number of rotatable bonds is 6. The summed E-state index contributed by atoms with van der Waals surface area (Å²) in [7, 11) is 1.58. The van der Waals surface area contributed by atoms with Gasteiger partial charge in [0, 0.05) is 30.6 Å². The Labute approximate surface area is 201 Å². The van der Waals surface area contributed by atoms with Crippen molar-refractivity contribution >= 4 is 16.5 Å². The van der Waals surface area contributed by atoms with Crippen LogP contribution in [0.1, 0.15) is 17.5 Å². The van der Waals surface area contributed by atoms with E-state index in [0.717, 1.165) is 37.0 Å². The summed E-state index contributed by atoms with van der Waals surface area (Å²) in [6.45, 7) is 2.54. The highest BCUT2D eigenvalue weighted by atomic mass is 19.4. The van der Waals surface area contributed by atoms with Crippen LogP contribution in [0.3, 0.4) is 0 Å². The first-order valence-corrected chi connectivity index (χ1v) is 11.3. The fourth-order valence-electron chi connectivity index (χ4n) is 4.43. The Balaban J connectivity index is 1.39. The minimum absolute atomic E-state index is 0.274. The highest BCUT2D eigenvalue weighted by Gasteiger charge is 2.31. The lowest BCUT2D eigenvalue weighted by Crippen LogP contribution is -2.28. The zero-order valence-electron chi connectivity index (χ0n) is 19.1. The van der Waals surface area contributed by atoms with E-state index >= 15 is 0 Å². The lowest BCUT2D eigenvalue weighted by atomic mass is 9.99. The Bertz CT molecular complexity index is 1340. The van der Waals surface area contributed by atoms with E-state index < -0.39 is 6.36 Å². The first kappa shape index (κ1) is 23.1. The van der Waals surface area contributed by atoms with Crippen molar-refractivity contribution in [3.63, 3.8) is 0 Å². The molecule has 35 heavy (non-hydrogen) atoms. The quantitative estimate of drug-likeness (QED) is 0.291. The number of hydrogen-bond donors (Lipinski definition) is 0. The second-order valence-corrected chi connectivity index (χ2v) is 8.43. The molecule has 0 saturated carbocycles. The number of methoxy groups -OCH3 is 1. The van der Waals surface area contributed by atoms with Gasteiger partial charge in [0.05, 0.1) is 7.11 Å². The summed E-state index contributed by atoms with van der Waals surface area (Å²) in [5, 5.41) is 0.924. The molecule has 0 N–H and O–H groups in total. The number of furan rings is 1. The third-order valence-electron chi connectivity index (χ3n) is 6.16. The molecule has 0 unspecified atom stereocenters. The van der Waals surface area contributed by atoms with Gasteiger partial charge in [-0.25, -0.2) is 0 Å². The Kier molecular flexibility index (Phi) is 6.26. The van der Waals surface area contributed by atoms with Crippen molar-refractivity contribution in [2.75, 3.05) is 20.2 Å². The first-order valence-electron chi connectivity index (χ1n) is 11.3. The number of alkyl halides is 3. The Hall–Kier alpha value is -3.71. The molecule has 0 aliphatic carbocycles. The standard InChI is InChI=1S/C28H24F3NO3/c1-33-25-12-9-22(18-32-15-13-20(14-16-32)19-5-3-2-4-6-19)24-17-26(34-27(24)25)21-7-10-23(11-8-21)35-28(29,30)31/h2-13,17H,14-16,18H2,1H3. The zero-order chi connectivity index (χ0) is 24.4. The van der Waals surface area contributed by atoms with Crippen molar-refractivity contribution in [2.45, 2.75) is 19.3 Å². The molecule has 1 aromatic heterocycles. The van der Waals surface area contributed by atoms with Gasteiger partial charge in [0.1, 0.15) is 11.5 Å². The fraction of sp³-hybridized carbons (Fsp3) is 0.214. The molecule has 0 atom stereocenters. The summed E-state index contributed by atoms with van der Waals surface area (Å²) in [5.74, 6) is 0.884. The van der Waals surface area contributed by atoms with Crippen LogP contribution in [0.2, 0.25) is 0 Å². The van der Waals surface area contributed by atoms with Gasteiger partial charge in [0.25, 0.3) is 0 Å². The molecular formula is C28H24F3NO3. The minimum Gasteiger partial charge on any atom is -0.493 e. The number of benzene rings is 3. The molecule has 0 fully saturated rings. The SMILES string of the molecule is COc1ccc(CN2CC=C(c3ccccc3)CC2)c2cc(-c3ccc(OC(F)(F)F)cc3)oc12. The normalized spacial score (nSPS) is 14.7. The summed E-state index contributed by atoms with van der Waals surface area (Å²) >= 11 is 0. The van der Waals surface area contributed by atoms with Crippen molar-refractivity contribution in [2.24, 2.45) is 0 Å². The summed E-state index contributed by atoms with van der Waals surface area (Å²) in [4.78, 5) is 2.38. The average Bonchev–Trinajstić information content (AvgIpc) is 3.31. The van der Waals surface area contributed by atoms with Gasteiger partial charge < -0.3 is 13.9 Å². The van der Waals surface area contributed by atoms with Gasteiger partial charge in [0.2, 0.25) is 0 Å². The minimum atomic E-state index is -4.73. The van der Waals surface area contributed by atoms with Crippen molar-refractivity contribution in [3.05, 3.63) is 90.0 Å². The van der Waals surface area contributed by atoms with Gasteiger partial charge in [-0.2, -0.15) is 0 Å². The van der Waals surface area contributed by atoms with Crippen LogP contribution in [0, 0.1) is 0 Å². The van der Waals surface area contributed by atoms with Gasteiger partial charge in [-0.15, -0.1) is 13.2 Å². The summed E-state index contributed by atoms with van der Waals surface area (Å²) < 4.78 is 53.0. The van der Waals surface area contributed by atoms with E-state index in [4.69, 9.17) is 9.15 Å². The molecule has 7 heteroatoms. The number of ether oxygens (including phenoxy) is 2. The molecule has 2 heterocycles. The molecular weight excluding hydrogens is 455 g/mol. The first-order chi connectivity index (χ1) is 16.9. The highest BCUT2D eigenvalue weighted by molar-refractivity contribution is 5.90. The number of halogens is 3. The predicted octanol–water partition coefficient (Wildman–Crippen LogP) is 7.30. The maximum atomic E-state index is 12.5. The topological polar surface area (TPSA) is 34.8 Å². The second kappa shape index (κ2) is 9.50. The van der Waals surface area contributed by atoms with E-state index in [-0.39, 0.29) is 5.75 Å². The Morgan fingerprint density at radius 1 is 0.943 bits per heavy atom. The van der Waals surface area contributed by atoms with Crippen LogP contribution in [-0.4, -0.2) is 31.5 Å². The Morgan fingerprint density at radius 2 is 1.71 bits per heavy atom. The smallest absolute Gasteiger partial charge is 0.493 e. The van der Waals surface area contributed by atoms with Crippen LogP contribution in [0.15, 0.2) is 83.3 Å². The molecule has 1 aliphatic rings. The third-order valence-corrected chi connectivity index (χ3v) is 6.16. The van der Waals surface area contributed by atoms with Crippen molar-refractivity contribution < 1.29 is 27.1 Å². The fourth-order valence-corrected chi connectivity index (χ4v) is 4.43. The molecule has 0 saturated heterocycles. The lowest BCUT2D eigenvalue weighted by molar-refractivity contribution is -0.274. The van der Waals surface area contributed by atoms with Gasteiger partial charge in [-0.1, -0.05) is 42.5 Å². The van der Waals surface area contributed by atoms with E-state index in [9.17, 15) is 13.2 Å².